The number of alkyl halides is 3. The average molecular weight is 439 g/mol. The standard InChI is InChI=1S/C22H16F3N5O2/c1-13-19(28-2)20(15-8-6-14(11-26)7-9-15)29(12-18(27)31)21(32)30(13)17-5-3-4-16(10-17)22(23,24)25/h3-10,20H,12H2,1H3,(H2,27,31)/t20-/m1/s1. The number of rotatable bonds is 4. The summed E-state index contributed by atoms with van der Waals surface area (Å²) in [6.45, 7) is 8.56. The Morgan fingerprint density at radius 1 is 1.25 bits per heavy atom. The Hall–Kier alpha value is -4.31. The van der Waals surface area contributed by atoms with Gasteiger partial charge in [0.1, 0.15) is 6.54 Å². The van der Waals surface area contributed by atoms with Crippen molar-refractivity contribution in [3.8, 4) is 6.07 Å². The fraction of sp³-hybridized carbons (Fsp3) is 0.182. The van der Waals surface area contributed by atoms with Crippen molar-refractivity contribution >= 4 is 17.6 Å². The third-order valence-corrected chi connectivity index (χ3v) is 4.95. The topological polar surface area (TPSA) is 94.8 Å². The number of nitrogens with two attached hydrogens (primary N) is 1. The summed E-state index contributed by atoms with van der Waals surface area (Å²) in [5.74, 6) is -0.857. The lowest BCUT2D eigenvalue weighted by Gasteiger charge is -2.41. The molecule has 1 atom stereocenters. The number of urea groups is 1. The smallest absolute Gasteiger partial charge is 0.368 e. The Labute approximate surface area is 181 Å². The first-order valence-corrected chi connectivity index (χ1v) is 9.23. The third kappa shape index (κ3) is 4.12. The van der Waals surface area contributed by atoms with Gasteiger partial charge in [0.2, 0.25) is 11.6 Å². The summed E-state index contributed by atoms with van der Waals surface area (Å²) in [6.07, 6.45) is -4.63. The van der Waals surface area contributed by atoms with Crippen LogP contribution in [-0.2, 0) is 11.0 Å². The van der Waals surface area contributed by atoms with Crippen LogP contribution in [0.5, 0.6) is 0 Å². The number of carbonyl (C=O) groups excluding carboxylic acids is 2. The molecule has 3 amide bonds. The van der Waals surface area contributed by atoms with Gasteiger partial charge in [-0.25, -0.2) is 9.64 Å². The highest BCUT2D eigenvalue weighted by Gasteiger charge is 2.41. The molecule has 0 radical (unpaired) electrons. The van der Waals surface area contributed by atoms with Gasteiger partial charge < -0.3 is 10.6 Å². The molecule has 0 bridgehead atoms. The summed E-state index contributed by atoms with van der Waals surface area (Å²) in [5, 5.41) is 9.01. The van der Waals surface area contributed by atoms with E-state index in [4.69, 9.17) is 17.6 Å². The number of halogens is 3. The lowest BCUT2D eigenvalue weighted by atomic mass is 9.97. The second-order valence-electron chi connectivity index (χ2n) is 6.98. The fourth-order valence-corrected chi connectivity index (χ4v) is 3.51. The molecular weight excluding hydrogens is 423 g/mol. The number of primary amides is 1. The number of allylic oxidation sites excluding steroid dienone is 1. The zero-order chi connectivity index (χ0) is 23.6. The molecule has 0 aliphatic carbocycles. The highest BCUT2D eigenvalue weighted by Crippen LogP contribution is 2.41. The molecule has 0 saturated heterocycles. The lowest BCUT2D eigenvalue weighted by molar-refractivity contribution is -0.137. The summed E-state index contributed by atoms with van der Waals surface area (Å²) >= 11 is 0. The van der Waals surface area contributed by atoms with E-state index in [9.17, 15) is 22.8 Å². The van der Waals surface area contributed by atoms with Gasteiger partial charge in [-0.05, 0) is 42.8 Å². The molecule has 10 heteroatoms. The number of nitrogens with zero attached hydrogens (tertiary/aromatic N) is 4. The van der Waals surface area contributed by atoms with E-state index < -0.39 is 36.3 Å². The summed E-state index contributed by atoms with van der Waals surface area (Å²) in [7, 11) is 0. The Kier molecular flexibility index (Phi) is 5.90. The van der Waals surface area contributed by atoms with Crippen LogP contribution in [0.25, 0.3) is 4.85 Å². The van der Waals surface area contributed by atoms with Crippen molar-refractivity contribution in [3.63, 3.8) is 0 Å². The maximum atomic E-state index is 13.4. The molecule has 2 aromatic rings. The minimum atomic E-state index is -4.63. The first kappa shape index (κ1) is 22.4. The van der Waals surface area contributed by atoms with E-state index in [1.54, 1.807) is 12.1 Å². The van der Waals surface area contributed by atoms with Gasteiger partial charge in [0.15, 0.2) is 0 Å². The molecule has 2 N–H and O–H groups in total. The van der Waals surface area contributed by atoms with Crippen LogP contribution in [0, 0.1) is 17.9 Å². The van der Waals surface area contributed by atoms with Gasteiger partial charge in [-0.15, -0.1) is 0 Å². The molecule has 162 valence electrons. The van der Waals surface area contributed by atoms with Crippen LogP contribution < -0.4 is 10.6 Å². The molecule has 0 saturated carbocycles. The van der Waals surface area contributed by atoms with Crippen LogP contribution >= 0.6 is 0 Å². The van der Waals surface area contributed by atoms with Crippen molar-refractivity contribution in [2.75, 3.05) is 11.4 Å². The Morgan fingerprint density at radius 3 is 2.44 bits per heavy atom. The molecule has 7 nitrogen and oxygen atoms in total. The Bertz CT molecular complexity index is 1190. The van der Waals surface area contributed by atoms with Crippen LogP contribution in [0.15, 0.2) is 59.9 Å². The van der Waals surface area contributed by atoms with E-state index in [2.05, 4.69) is 4.85 Å². The van der Waals surface area contributed by atoms with E-state index in [0.717, 1.165) is 28.0 Å². The van der Waals surface area contributed by atoms with Crippen LogP contribution in [0.1, 0.15) is 29.7 Å². The number of nitriles is 1. The Balaban J connectivity index is 2.20. The number of anilines is 1. The number of hydrogen-bond donors (Lipinski definition) is 1. The van der Waals surface area contributed by atoms with Crippen LogP contribution in [0.3, 0.4) is 0 Å². The van der Waals surface area contributed by atoms with Gasteiger partial charge in [-0.3, -0.25) is 9.69 Å². The zero-order valence-corrected chi connectivity index (χ0v) is 16.7. The van der Waals surface area contributed by atoms with Gasteiger partial charge in [-0.2, -0.15) is 18.4 Å². The molecule has 0 aromatic heterocycles. The van der Waals surface area contributed by atoms with E-state index >= 15 is 0 Å². The lowest BCUT2D eigenvalue weighted by Crippen LogP contribution is -2.51. The van der Waals surface area contributed by atoms with Crippen LogP contribution in [-0.4, -0.2) is 23.4 Å². The molecular formula is C22H16F3N5O2. The van der Waals surface area contributed by atoms with Crippen molar-refractivity contribution in [2.45, 2.75) is 19.1 Å². The molecule has 1 aliphatic rings. The van der Waals surface area contributed by atoms with E-state index in [1.807, 2.05) is 6.07 Å². The highest BCUT2D eigenvalue weighted by molar-refractivity contribution is 5.99. The highest BCUT2D eigenvalue weighted by atomic mass is 19.4. The number of amides is 3. The van der Waals surface area contributed by atoms with Crippen LogP contribution in [0.4, 0.5) is 23.7 Å². The maximum Gasteiger partial charge on any atom is 0.416 e. The molecule has 32 heavy (non-hydrogen) atoms. The summed E-state index contributed by atoms with van der Waals surface area (Å²) in [6, 6.07) is 10.4. The van der Waals surface area contributed by atoms with Crippen molar-refractivity contribution in [2.24, 2.45) is 5.73 Å². The number of benzene rings is 2. The van der Waals surface area contributed by atoms with E-state index in [0.29, 0.717) is 11.1 Å². The molecule has 2 aromatic carbocycles. The van der Waals surface area contributed by atoms with E-state index in [1.165, 1.54) is 25.1 Å². The number of carbonyl (C=O) groups is 2. The van der Waals surface area contributed by atoms with Gasteiger partial charge in [0, 0.05) is 11.4 Å². The fourth-order valence-electron chi connectivity index (χ4n) is 3.51. The van der Waals surface area contributed by atoms with Crippen molar-refractivity contribution < 1.29 is 22.8 Å². The molecule has 0 fully saturated rings. The SMILES string of the molecule is [C-]#[N+]C1=C(C)N(c2cccc(C(F)(F)F)c2)C(=O)N(CC(N)=O)[C@@H]1c1ccc(C#N)cc1. The monoisotopic (exact) mass is 439 g/mol. The van der Waals surface area contributed by atoms with Gasteiger partial charge in [0.25, 0.3) is 0 Å². The van der Waals surface area contributed by atoms with Crippen molar-refractivity contribution in [3.05, 3.63) is 88.0 Å². The number of hydrogen-bond acceptors (Lipinski definition) is 3. The minimum Gasteiger partial charge on any atom is -0.368 e. The third-order valence-electron chi connectivity index (χ3n) is 4.95. The van der Waals surface area contributed by atoms with Gasteiger partial charge in [-0.1, -0.05) is 18.2 Å². The minimum absolute atomic E-state index is 0.0352. The zero-order valence-electron chi connectivity index (χ0n) is 16.7. The molecule has 1 aliphatic heterocycles. The summed E-state index contributed by atoms with van der Waals surface area (Å²) in [4.78, 5) is 30.6. The summed E-state index contributed by atoms with van der Waals surface area (Å²) < 4.78 is 39.6. The molecule has 0 unspecified atom stereocenters. The van der Waals surface area contributed by atoms with E-state index in [-0.39, 0.29) is 17.1 Å². The molecule has 3 rings (SSSR count). The second kappa shape index (κ2) is 8.44. The largest absolute Gasteiger partial charge is 0.416 e. The van der Waals surface area contributed by atoms with Gasteiger partial charge in [0.05, 0.1) is 29.8 Å². The normalized spacial score (nSPS) is 16.6. The van der Waals surface area contributed by atoms with Crippen molar-refractivity contribution in [1.29, 1.82) is 5.26 Å². The first-order valence-electron chi connectivity index (χ1n) is 9.23. The molecule has 0 spiro atoms. The van der Waals surface area contributed by atoms with Crippen LogP contribution in [0.2, 0.25) is 0 Å². The van der Waals surface area contributed by atoms with Crippen molar-refractivity contribution in [1.82, 2.24) is 4.90 Å². The average Bonchev–Trinajstić information content (AvgIpc) is 2.75. The predicted octanol–water partition coefficient (Wildman–Crippen LogP) is 4.20. The van der Waals surface area contributed by atoms with Gasteiger partial charge >= 0.3 is 12.2 Å². The quantitative estimate of drug-likeness (QED) is 0.724. The first-order chi connectivity index (χ1) is 15.1. The predicted molar refractivity (Wildman–Crippen MR) is 108 cm³/mol. The Morgan fingerprint density at radius 2 is 1.91 bits per heavy atom. The molecule has 1 heterocycles. The summed E-state index contributed by atoms with van der Waals surface area (Å²) in [5.41, 5.74) is 5.22. The second-order valence-corrected chi connectivity index (χ2v) is 6.98. The maximum absolute atomic E-state index is 13.4.